The average Bonchev–Trinajstić information content (AvgIpc) is 3.23. The molecule has 128 valence electrons. The molecule has 0 spiro atoms. The minimum absolute atomic E-state index is 0.0355. The monoisotopic (exact) mass is 334 g/mol. The van der Waals surface area contributed by atoms with E-state index in [0.29, 0.717) is 12.5 Å². The quantitative estimate of drug-likeness (QED) is 0.721. The van der Waals surface area contributed by atoms with Crippen molar-refractivity contribution in [3.63, 3.8) is 0 Å². The molecular formula is C20H22N4O. The summed E-state index contributed by atoms with van der Waals surface area (Å²) in [6.45, 7) is 1.14. The fourth-order valence-electron chi connectivity index (χ4n) is 3.47. The van der Waals surface area contributed by atoms with Crippen LogP contribution in [0.1, 0.15) is 19.3 Å². The minimum atomic E-state index is -0.0355. The zero-order valence-corrected chi connectivity index (χ0v) is 14.1. The molecule has 4 rings (SSSR count). The number of aromatic nitrogens is 3. The zero-order valence-electron chi connectivity index (χ0n) is 14.1. The summed E-state index contributed by atoms with van der Waals surface area (Å²) >= 11 is 0. The third-order valence-corrected chi connectivity index (χ3v) is 4.79. The molecule has 0 saturated carbocycles. The summed E-state index contributed by atoms with van der Waals surface area (Å²) in [7, 11) is 0. The number of carbonyl (C=O) groups excluding carboxylic acids is 1. The number of hydrogen-bond acceptors (Lipinski definition) is 2. The highest BCUT2D eigenvalue weighted by Gasteiger charge is 2.14. The van der Waals surface area contributed by atoms with E-state index in [1.807, 2.05) is 45.8 Å². The molecule has 0 radical (unpaired) electrons. The molecule has 5 nitrogen and oxygen atoms in total. The third-order valence-electron chi connectivity index (χ3n) is 4.79. The molecule has 1 aliphatic rings. The molecule has 0 aliphatic heterocycles. The van der Waals surface area contributed by atoms with E-state index in [9.17, 15) is 4.79 Å². The van der Waals surface area contributed by atoms with Crippen LogP contribution in [0.15, 0.2) is 60.9 Å². The average molecular weight is 334 g/mol. The molecule has 0 bridgehead atoms. The Balaban J connectivity index is 1.43. The second kappa shape index (κ2) is 6.97. The van der Waals surface area contributed by atoms with E-state index in [4.69, 9.17) is 0 Å². The number of fused-ring (bicyclic) bond motifs is 1. The van der Waals surface area contributed by atoms with Crippen molar-refractivity contribution in [2.24, 2.45) is 5.92 Å². The molecule has 5 heteroatoms. The van der Waals surface area contributed by atoms with Gasteiger partial charge < -0.3 is 9.88 Å². The van der Waals surface area contributed by atoms with E-state index >= 15 is 0 Å². The molecule has 0 saturated heterocycles. The first-order valence-corrected chi connectivity index (χ1v) is 8.80. The Kier molecular flexibility index (Phi) is 4.37. The minimum Gasteiger partial charge on any atom is -0.338 e. The SMILES string of the molecule is O=C(Cn1ccc2ccccc21)Nc1ccnn1CC1CC=CCC1. The van der Waals surface area contributed by atoms with Gasteiger partial charge >= 0.3 is 0 Å². The number of benzene rings is 1. The van der Waals surface area contributed by atoms with Gasteiger partial charge in [-0.25, -0.2) is 4.68 Å². The van der Waals surface area contributed by atoms with Crippen LogP contribution in [-0.4, -0.2) is 20.3 Å². The Labute approximate surface area is 146 Å². The van der Waals surface area contributed by atoms with E-state index < -0.39 is 0 Å². The van der Waals surface area contributed by atoms with Crippen molar-refractivity contribution in [3.8, 4) is 0 Å². The van der Waals surface area contributed by atoms with E-state index in [2.05, 4.69) is 28.6 Å². The van der Waals surface area contributed by atoms with E-state index in [1.54, 1.807) is 6.20 Å². The Morgan fingerprint density at radius 2 is 2.12 bits per heavy atom. The van der Waals surface area contributed by atoms with Gasteiger partial charge in [0, 0.05) is 24.3 Å². The van der Waals surface area contributed by atoms with Gasteiger partial charge in [-0.05, 0) is 42.7 Å². The lowest BCUT2D eigenvalue weighted by Crippen LogP contribution is -2.22. The first kappa shape index (κ1) is 15.7. The molecule has 1 unspecified atom stereocenters. The van der Waals surface area contributed by atoms with Crippen molar-refractivity contribution in [1.82, 2.24) is 14.3 Å². The Hall–Kier alpha value is -2.82. The normalized spacial score (nSPS) is 17.0. The number of nitrogens with zero attached hydrogens (tertiary/aromatic N) is 3. The van der Waals surface area contributed by atoms with Crippen molar-refractivity contribution in [3.05, 3.63) is 60.9 Å². The maximum atomic E-state index is 12.5. The number of hydrogen-bond donors (Lipinski definition) is 1. The Bertz CT molecular complexity index is 905. The first-order chi connectivity index (χ1) is 12.3. The van der Waals surface area contributed by atoms with E-state index in [-0.39, 0.29) is 5.91 Å². The van der Waals surface area contributed by atoms with Gasteiger partial charge in [-0.3, -0.25) is 4.79 Å². The standard InChI is InChI=1S/C20H22N4O/c25-20(15-23-13-11-17-8-4-5-9-18(17)23)22-19-10-12-21-24(19)14-16-6-2-1-3-7-16/h1-2,4-5,8-13,16H,3,6-7,14-15H2,(H,22,25). The van der Waals surface area contributed by atoms with Gasteiger partial charge in [0.15, 0.2) is 0 Å². The van der Waals surface area contributed by atoms with Crippen molar-refractivity contribution in [1.29, 1.82) is 0 Å². The summed E-state index contributed by atoms with van der Waals surface area (Å²) in [6.07, 6.45) is 11.6. The van der Waals surface area contributed by atoms with Crippen LogP contribution in [0.2, 0.25) is 0 Å². The molecule has 2 heterocycles. The molecular weight excluding hydrogens is 312 g/mol. The molecule has 0 fully saturated rings. The topological polar surface area (TPSA) is 51.9 Å². The van der Waals surface area contributed by atoms with E-state index in [0.717, 1.165) is 36.1 Å². The Morgan fingerprint density at radius 1 is 1.20 bits per heavy atom. The molecule has 1 aliphatic carbocycles. The molecule has 25 heavy (non-hydrogen) atoms. The van der Waals surface area contributed by atoms with Crippen molar-refractivity contribution >= 4 is 22.6 Å². The molecule has 1 amide bonds. The maximum absolute atomic E-state index is 12.5. The van der Waals surface area contributed by atoms with Crippen molar-refractivity contribution in [2.45, 2.75) is 32.4 Å². The molecule has 1 N–H and O–H groups in total. The van der Waals surface area contributed by atoms with Crippen LogP contribution in [0, 0.1) is 5.92 Å². The Morgan fingerprint density at radius 3 is 3.00 bits per heavy atom. The number of allylic oxidation sites excluding steroid dienone is 2. The number of para-hydroxylation sites is 1. The summed E-state index contributed by atoms with van der Waals surface area (Å²) < 4.78 is 3.88. The first-order valence-electron chi connectivity index (χ1n) is 8.80. The summed E-state index contributed by atoms with van der Waals surface area (Å²) in [5, 5.41) is 8.53. The molecule has 2 aromatic heterocycles. The van der Waals surface area contributed by atoms with Gasteiger partial charge in [-0.1, -0.05) is 30.4 Å². The second-order valence-electron chi connectivity index (χ2n) is 6.60. The van der Waals surface area contributed by atoms with Crippen LogP contribution in [-0.2, 0) is 17.9 Å². The lowest BCUT2D eigenvalue weighted by molar-refractivity contribution is -0.116. The maximum Gasteiger partial charge on any atom is 0.245 e. The molecule has 1 atom stereocenters. The van der Waals surface area contributed by atoms with Crippen molar-refractivity contribution < 1.29 is 4.79 Å². The van der Waals surface area contributed by atoms with Gasteiger partial charge in [0.1, 0.15) is 12.4 Å². The largest absolute Gasteiger partial charge is 0.338 e. The number of carbonyl (C=O) groups is 1. The predicted molar refractivity (Wildman–Crippen MR) is 99.3 cm³/mol. The lowest BCUT2D eigenvalue weighted by atomic mass is 9.94. The predicted octanol–water partition coefficient (Wildman–Crippen LogP) is 3.83. The van der Waals surface area contributed by atoms with Crippen LogP contribution in [0.5, 0.6) is 0 Å². The number of nitrogens with one attached hydrogen (secondary N) is 1. The summed E-state index contributed by atoms with van der Waals surface area (Å²) in [5.41, 5.74) is 1.07. The third kappa shape index (κ3) is 3.50. The zero-order chi connectivity index (χ0) is 17.1. The van der Waals surface area contributed by atoms with Crippen LogP contribution in [0.25, 0.3) is 10.9 Å². The summed E-state index contributed by atoms with van der Waals surface area (Å²) in [5.74, 6) is 1.33. The number of amides is 1. The summed E-state index contributed by atoms with van der Waals surface area (Å²) in [4.78, 5) is 12.5. The van der Waals surface area contributed by atoms with Gasteiger partial charge in [-0.15, -0.1) is 0 Å². The van der Waals surface area contributed by atoms with Crippen LogP contribution in [0.4, 0.5) is 5.82 Å². The highest BCUT2D eigenvalue weighted by molar-refractivity contribution is 5.91. The smallest absolute Gasteiger partial charge is 0.245 e. The van der Waals surface area contributed by atoms with Crippen molar-refractivity contribution in [2.75, 3.05) is 5.32 Å². The molecule has 3 aromatic rings. The fraction of sp³-hybridized carbons (Fsp3) is 0.300. The van der Waals surface area contributed by atoms with Gasteiger partial charge in [0.2, 0.25) is 5.91 Å². The highest BCUT2D eigenvalue weighted by atomic mass is 16.2. The molecule has 1 aromatic carbocycles. The van der Waals surface area contributed by atoms with Gasteiger partial charge in [0.05, 0.1) is 6.20 Å². The number of anilines is 1. The summed E-state index contributed by atoms with van der Waals surface area (Å²) in [6, 6.07) is 12.0. The van der Waals surface area contributed by atoms with Crippen LogP contribution < -0.4 is 5.32 Å². The lowest BCUT2D eigenvalue weighted by Gasteiger charge is -2.19. The van der Waals surface area contributed by atoms with Crippen LogP contribution in [0.3, 0.4) is 0 Å². The highest BCUT2D eigenvalue weighted by Crippen LogP contribution is 2.21. The van der Waals surface area contributed by atoms with Crippen LogP contribution >= 0.6 is 0 Å². The van der Waals surface area contributed by atoms with Gasteiger partial charge in [-0.2, -0.15) is 5.10 Å². The van der Waals surface area contributed by atoms with Gasteiger partial charge in [0.25, 0.3) is 0 Å². The fourth-order valence-corrected chi connectivity index (χ4v) is 3.47. The second-order valence-corrected chi connectivity index (χ2v) is 6.60. The van der Waals surface area contributed by atoms with E-state index in [1.165, 1.54) is 6.42 Å². The number of rotatable bonds is 5.